The first-order chi connectivity index (χ1) is 14.0. The third-order valence-electron chi connectivity index (χ3n) is 4.35. The number of hydrogen-bond acceptors (Lipinski definition) is 4. The van der Waals surface area contributed by atoms with E-state index in [2.05, 4.69) is 9.71 Å². The second kappa shape index (κ2) is 8.29. The topological polar surface area (TPSA) is 73.2 Å². The van der Waals surface area contributed by atoms with Crippen LogP contribution in [-0.4, -0.2) is 25.1 Å². The number of imidazole rings is 1. The Hall–Kier alpha value is -2.56. The molecule has 3 aromatic rings. The van der Waals surface area contributed by atoms with Crippen molar-refractivity contribution in [3.8, 4) is 5.75 Å². The summed E-state index contributed by atoms with van der Waals surface area (Å²) < 4.78 is 75.6. The number of nitrogens with zero attached hydrogens (tertiary/aromatic N) is 2. The number of methoxy groups -OCH3 is 1. The maximum atomic E-state index is 13.5. The normalized spacial score (nSPS) is 13.3. The average molecular weight is 460 g/mol. The van der Waals surface area contributed by atoms with E-state index < -0.39 is 32.7 Å². The van der Waals surface area contributed by atoms with E-state index in [-0.39, 0.29) is 10.8 Å². The van der Waals surface area contributed by atoms with Crippen molar-refractivity contribution >= 4 is 21.6 Å². The molecule has 11 heteroatoms. The van der Waals surface area contributed by atoms with Gasteiger partial charge in [0, 0.05) is 24.5 Å². The van der Waals surface area contributed by atoms with Gasteiger partial charge in [-0.1, -0.05) is 23.7 Å². The number of rotatable bonds is 6. The van der Waals surface area contributed by atoms with Crippen LogP contribution in [0, 0.1) is 0 Å². The van der Waals surface area contributed by atoms with Gasteiger partial charge in [-0.25, -0.2) is 13.4 Å². The van der Waals surface area contributed by atoms with Gasteiger partial charge in [0.1, 0.15) is 17.6 Å². The monoisotopic (exact) mass is 459 g/mol. The van der Waals surface area contributed by atoms with Crippen molar-refractivity contribution in [1.29, 1.82) is 0 Å². The van der Waals surface area contributed by atoms with Gasteiger partial charge in [-0.15, -0.1) is 0 Å². The Morgan fingerprint density at radius 1 is 1.20 bits per heavy atom. The van der Waals surface area contributed by atoms with E-state index in [0.29, 0.717) is 17.4 Å². The molecular formula is C19H17ClF3N3O3S. The van der Waals surface area contributed by atoms with E-state index >= 15 is 0 Å². The Kier molecular flexibility index (Phi) is 6.11. The summed E-state index contributed by atoms with van der Waals surface area (Å²) in [5.41, 5.74) is -0.915. The van der Waals surface area contributed by atoms with Crippen LogP contribution < -0.4 is 9.46 Å². The quantitative estimate of drug-likeness (QED) is 0.600. The molecule has 0 amide bonds. The lowest BCUT2D eigenvalue weighted by atomic mass is 10.1. The SMILES string of the molecule is COc1cccc(C(NS(=O)(=O)c2ccc(Cl)cc2C(F)(F)F)c2nccn2C)c1. The van der Waals surface area contributed by atoms with E-state index in [1.165, 1.54) is 13.3 Å². The Balaban J connectivity index is 2.12. The Morgan fingerprint density at radius 3 is 2.53 bits per heavy atom. The second-order valence-electron chi connectivity index (χ2n) is 6.37. The van der Waals surface area contributed by atoms with E-state index in [0.717, 1.165) is 12.1 Å². The van der Waals surface area contributed by atoms with Crippen LogP contribution in [0.15, 0.2) is 59.8 Å². The first-order valence-electron chi connectivity index (χ1n) is 8.53. The Labute approximate surface area is 176 Å². The fourth-order valence-electron chi connectivity index (χ4n) is 2.92. The molecular weight excluding hydrogens is 443 g/mol. The van der Waals surface area contributed by atoms with Crippen molar-refractivity contribution in [2.75, 3.05) is 7.11 Å². The van der Waals surface area contributed by atoms with Gasteiger partial charge in [-0.3, -0.25) is 0 Å². The van der Waals surface area contributed by atoms with Crippen molar-refractivity contribution in [3.63, 3.8) is 0 Å². The number of hydrogen-bond donors (Lipinski definition) is 1. The Bertz CT molecular complexity index is 1160. The predicted molar refractivity (Wildman–Crippen MR) is 105 cm³/mol. The molecule has 2 aromatic carbocycles. The molecule has 0 aliphatic carbocycles. The number of halogens is 4. The van der Waals surface area contributed by atoms with E-state index in [1.54, 1.807) is 42.1 Å². The highest BCUT2D eigenvalue weighted by Gasteiger charge is 2.38. The summed E-state index contributed by atoms with van der Waals surface area (Å²) in [6.07, 6.45) is -1.86. The summed E-state index contributed by atoms with van der Waals surface area (Å²) in [5.74, 6) is 0.739. The number of alkyl halides is 3. The van der Waals surface area contributed by atoms with E-state index in [9.17, 15) is 21.6 Å². The molecule has 6 nitrogen and oxygen atoms in total. The first kappa shape index (κ1) is 22.1. The molecule has 1 heterocycles. The molecule has 0 fully saturated rings. The number of aryl methyl sites for hydroxylation is 1. The lowest BCUT2D eigenvalue weighted by Crippen LogP contribution is -2.32. The predicted octanol–water partition coefficient (Wildman–Crippen LogP) is 4.17. The van der Waals surface area contributed by atoms with Crippen LogP contribution in [0.1, 0.15) is 23.0 Å². The molecule has 0 saturated carbocycles. The molecule has 0 saturated heterocycles. The second-order valence-corrected chi connectivity index (χ2v) is 8.48. The van der Waals surface area contributed by atoms with Crippen LogP contribution in [0.25, 0.3) is 0 Å². The molecule has 1 N–H and O–H groups in total. The van der Waals surface area contributed by atoms with Gasteiger partial charge in [0.15, 0.2) is 0 Å². The van der Waals surface area contributed by atoms with Crippen molar-refractivity contribution in [2.24, 2.45) is 7.05 Å². The molecule has 0 spiro atoms. The summed E-state index contributed by atoms with van der Waals surface area (Å²) in [7, 11) is -1.53. The number of benzene rings is 2. The minimum atomic E-state index is -4.91. The molecule has 0 bridgehead atoms. The first-order valence-corrected chi connectivity index (χ1v) is 10.4. The number of aromatic nitrogens is 2. The molecule has 0 radical (unpaired) electrons. The third-order valence-corrected chi connectivity index (χ3v) is 6.07. The molecule has 0 aliphatic rings. The maximum absolute atomic E-state index is 13.5. The summed E-state index contributed by atoms with van der Waals surface area (Å²) in [4.78, 5) is 3.23. The number of nitrogens with one attached hydrogen (secondary N) is 1. The molecule has 3 rings (SSSR count). The molecule has 1 unspecified atom stereocenters. The number of ether oxygens (including phenoxy) is 1. The fraction of sp³-hybridized carbons (Fsp3) is 0.211. The van der Waals surface area contributed by atoms with Crippen molar-refractivity contribution in [2.45, 2.75) is 17.1 Å². The number of sulfonamides is 1. The van der Waals surface area contributed by atoms with Crippen LogP contribution in [0.2, 0.25) is 5.02 Å². The van der Waals surface area contributed by atoms with Crippen molar-refractivity contribution in [1.82, 2.24) is 14.3 Å². The maximum Gasteiger partial charge on any atom is 0.417 e. The molecule has 1 aromatic heterocycles. The van der Waals surface area contributed by atoms with Gasteiger partial charge in [-0.2, -0.15) is 17.9 Å². The van der Waals surface area contributed by atoms with E-state index in [1.807, 2.05) is 0 Å². The van der Waals surface area contributed by atoms with Crippen LogP contribution >= 0.6 is 11.6 Å². The van der Waals surface area contributed by atoms with Crippen LogP contribution in [0.5, 0.6) is 5.75 Å². The molecule has 1 atom stereocenters. The fourth-order valence-corrected chi connectivity index (χ4v) is 4.49. The van der Waals surface area contributed by atoms with Crippen LogP contribution in [0.4, 0.5) is 13.2 Å². The highest BCUT2D eigenvalue weighted by molar-refractivity contribution is 7.89. The van der Waals surface area contributed by atoms with E-state index in [4.69, 9.17) is 16.3 Å². The van der Waals surface area contributed by atoms with Crippen LogP contribution in [0.3, 0.4) is 0 Å². The minimum Gasteiger partial charge on any atom is -0.497 e. The summed E-state index contributed by atoms with van der Waals surface area (Å²) in [6.45, 7) is 0. The molecule has 30 heavy (non-hydrogen) atoms. The highest BCUT2D eigenvalue weighted by atomic mass is 35.5. The lowest BCUT2D eigenvalue weighted by molar-refractivity contribution is -0.139. The Morgan fingerprint density at radius 2 is 1.93 bits per heavy atom. The van der Waals surface area contributed by atoms with Crippen molar-refractivity contribution in [3.05, 3.63) is 76.8 Å². The van der Waals surface area contributed by atoms with Gasteiger partial charge in [0.25, 0.3) is 0 Å². The third kappa shape index (κ3) is 4.61. The summed E-state index contributed by atoms with van der Waals surface area (Å²) >= 11 is 5.67. The van der Waals surface area contributed by atoms with Gasteiger partial charge < -0.3 is 9.30 Å². The zero-order valence-corrected chi connectivity index (χ0v) is 17.4. The molecule has 160 valence electrons. The summed E-state index contributed by atoms with van der Waals surface area (Å²) in [6, 6.07) is 7.93. The van der Waals surface area contributed by atoms with Gasteiger partial charge in [-0.05, 0) is 35.9 Å². The smallest absolute Gasteiger partial charge is 0.417 e. The zero-order valence-electron chi connectivity index (χ0n) is 15.8. The van der Waals surface area contributed by atoms with Gasteiger partial charge >= 0.3 is 6.18 Å². The van der Waals surface area contributed by atoms with Gasteiger partial charge in [0.05, 0.1) is 17.6 Å². The highest BCUT2D eigenvalue weighted by Crippen LogP contribution is 2.36. The van der Waals surface area contributed by atoms with Gasteiger partial charge in [0.2, 0.25) is 10.0 Å². The standard InChI is InChI=1S/C19H17ClF3N3O3S/c1-26-9-8-24-18(26)17(12-4-3-5-14(10-12)29-2)25-30(27,28)16-7-6-13(20)11-15(16)19(21,22)23/h3-11,17,25H,1-2H3. The van der Waals surface area contributed by atoms with Crippen molar-refractivity contribution < 1.29 is 26.3 Å². The van der Waals surface area contributed by atoms with Crippen LogP contribution in [-0.2, 0) is 23.2 Å². The lowest BCUT2D eigenvalue weighted by Gasteiger charge is -2.21. The largest absolute Gasteiger partial charge is 0.497 e. The summed E-state index contributed by atoms with van der Waals surface area (Å²) in [5, 5.41) is -0.227. The zero-order chi connectivity index (χ0) is 22.1. The molecule has 0 aliphatic heterocycles. The minimum absolute atomic E-state index is 0.227. The average Bonchev–Trinajstić information content (AvgIpc) is 3.11.